The van der Waals surface area contributed by atoms with E-state index in [1.54, 1.807) is 20.3 Å². The zero-order valence-electron chi connectivity index (χ0n) is 13.5. The van der Waals surface area contributed by atoms with Crippen molar-refractivity contribution in [2.24, 2.45) is 0 Å². The fraction of sp³-hybridized carbons (Fsp3) is 0.278. The first-order valence-electron chi connectivity index (χ1n) is 7.20. The number of likely N-dealkylation sites (N-methyl/N-ethyl adjacent to an activating group) is 1. The number of rotatable bonds is 6. The second-order valence-corrected chi connectivity index (χ2v) is 5.54. The summed E-state index contributed by atoms with van der Waals surface area (Å²) in [4.78, 5) is 2.10. The molecule has 5 heteroatoms. The first-order valence-corrected chi connectivity index (χ1v) is 7.58. The molecule has 0 aliphatic carbocycles. The molecule has 0 aliphatic heterocycles. The molecule has 120 valence electrons. The second-order valence-electron chi connectivity index (χ2n) is 5.14. The van der Waals surface area contributed by atoms with Crippen LogP contribution >= 0.6 is 11.6 Å². The van der Waals surface area contributed by atoms with Gasteiger partial charge in [0.2, 0.25) is 0 Å². The first kappa shape index (κ1) is 17.0. The number of anilines is 1. The van der Waals surface area contributed by atoms with Crippen molar-refractivity contribution in [2.75, 3.05) is 32.7 Å². The fourth-order valence-corrected chi connectivity index (χ4v) is 2.51. The maximum absolute atomic E-state index is 8.92. The zero-order chi connectivity index (χ0) is 16.8. The van der Waals surface area contributed by atoms with E-state index in [2.05, 4.69) is 11.0 Å². The topological polar surface area (TPSA) is 45.5 Å². The lowest BCUT2D eigenvalue weighted by Gasteiger charge is -2.20. The van der Waals surface area contributed by atoms with Gasteiger partial charge in [0, 0.05) is 19.3 Å². The average molecular weight is 331 g/mol. The summed E-state index contributed by atoms with van der Waals surface area (Å²) in [7, 11) is 5.25. The number of hydrogen-bond donors (Lipinski definition) is 0. The third-order valence-electron chi connectivity index (χ3n) is 3.70. The van der Waals surface area contributed by atoms with Crippen molar-refractivity contribution in [2.45, 2.75) is 6.42 Å². The number of nitriles is 1. The van der Waals surface area contributed by atoms with Crippen molar-refractivity contribution in [3.63, 3.8) is 0 Å². The van der Waals surface area contributed by atoms with Crippen LogP contribution in [0.25, 0.3) is 0 Å². The molecule has 2 aromatic carbocycles. The summed E-state index contributed by atoms with van der Waals surface area (Å²) in [5.41, 5.74) is 2.63. The Morgan fingerprint density at radius 2 is 1.83 bits per heavy atom. The minimum absolute atomic E-state index is 0.475. The third-order valence-corrected chi connectivity index (χ3v) is 4.01. The summed E-state index contributed by atoms with van der Waals surface area (Å²) in [6.07, 6.45) is 0.856. The molecule has 0 saturated heterocycles. The highest BCUT2D eigenvalue weighted by molar-refractivity contribution is 6.32. The molecule has 0 fully saturated rings. The van der Waals surface area contributed by atoms with Crippen LogP contribution in [-0.2, 0) is 6.42 Å². The van der Waals surface area contributed by atoms with Gasteiger partial charge < -0.3 is 14.4 Å². The fourth-order valence-electron chi connectivity index (χ4n) is 2.29. The SMILES string of the molecule is COc1ccc(CCN(C)c2ccc(C#N)c(Cl)c2)cc1OC. The number of nitrogens with zero attached hydrogens (tertiary/aromatic N) is 2. The van der Waals surface area contributed by atoms with Gasteiger partial charge in [-0.3, -0.25) is 0 Å². The highest BCUT2D eigenvalue weighted by Crippen LogP contribution is 2.28. The zero-order valence-corrected chi connectivity index (χ0v) is 14.2. The normalized spacial score (nSPS) is 10.0. The highest BCUT2D eigenvalue weighted by atomic mass is 35.5. The third kappa shape index (κ3) is 4.08. The second kappa shape index (κ2) is 7.75. The van der Waals surface area contributed by atoms with Crippen LogP contribution in [0.3, 0.4) is 0 Å². The maximum atomic E-state index is 8.92. The van der Waals surface area contributed by atoms with Crippen LogP contribution in [0.2, 0.25) is 5.02 Å². The molecule has 0 aromatic heterocycles. The van der Waals surface area contributed by atoms with Crippen molar-refractivity contribution in [1.82, 2.24) is 0 Å². The van der Waals surface area contributed by atoms with Crippen LogP contribution in [0.5, 0.6) is 11.5 Å². The average Bonchev–Trinajstić information content (AvgIpc) is 2.59. The maximum Gasteiger partial charge on any atom is 0.160 e. The molecule has 0 unspecified atom stereocenters. The van der Waals surface area contributed by atoms with Crippen LogP contribution in [0, 0.1) is 11.3 Å². The van der Waals surface area contributed by atoms with Crippen molar-refractivity contribution >= 4 is 17.3 Å². The van der Waals surface area contributed by atoms with Crippen LogP contribution in [0.1, 0.15) is 11.1 Å². The van der Waals surface area contributed by atoms with Gasteiger partial charge in [0.25, 0.3) is 0 Å². The summed E-state index contributed by atoms with van der Waals surface area (Å²) >= 11 is 6.08. The number of ether oxygens (including phenoxy) is 2. The quantitative estimate of drug-likeness (QED) is 0.805. The van der Waals surface area contributed by atoms with Crippen molar-refractivity contribution in [1.29, 1.82) is 5.26 Å². The first-order chi connectivity index (χ1) is 11.1. The number of hydrogen-bond acceptors (Lipinski definition) is 4. The molecular weight excluding hydrogens is 312 g/mol. The smallest absolute Gasteiger partial charge is 0.160 e. The van der Waals surface area contributed by atoms with Crippen molar-refractivity contribution in [3.05, 3.63) is 52.5 Å². The number of halogens is 1. The van der Waals surface area contributed by atoms with E-state index < -0.39 is 0 Å². The lowest BCUT2D eigenvalue weighted by atomic mass is 10.1. The van der Waals surface area contributed by atoms with Crippen LogP contribution in [0.4, 0.5) is 5.69 Å². The molecule has 0 saturated carbocycles. The molecule has 2 rings (SSSR count). The van der Waals surface area contributed by atoms with Gasteiger partial charge in [-0.05, 0) is 42.3 Å². The Morgan fingerprint density at radius 3 is 2.43 bits per heavy atom. The van der Waals surface area contributed by atoms with Crippen molar-refractivity contribution < 1.29 is 9.47 Å². The summed E-state index contributed by atoms with van der Waals surface area (Å²) < 4.78 is 10.6. The monoisotopic (exact) mass is 330 g/mol. The summed E-state index contributed by atoms with van der Waals surface area (Å²) in [6.45, 7) is 0.817. The molecule has 23 heavy (non-hydrogen) atoms. The van der Waals surface area contributed by atoms with Gasteiger partial charge in [0.05, 0.1) is 24.8 Å². The lowest BCUT2D eigenvalue weighted by Crippen LogP contribution is -2.20. The van der Waals surface area contributed by atoms with Crippen LogP contribution < -0.4 is 14.4 Å². The predicted octanol–water partition coefficient (Wildman–Crippen LogP) is 3.91. The minimum atomic E-state index is 0.475. The summed E-state index contributed by atoms with van der Waals surface area (Å²) in [5.74, 6) is 1.46. The Labute approximate surface area is 141 Å². The van der Waals surface area contributed by atoms with Gasteiger partial charge in [0.15, 0.2) is 11.5 Å². The Balaban J connectivity index is 2.06. The van der Waals surface area contributed by atoms with Crippen LogP contribution in [-0.4, -0.2) is 27.8 Å². The Hall–Kier alpha value is -2.38. The highest BCUT2D eigenvalue weighted by Gasteiger charge is 2.08. The van der Waals surface area contributed by atoms with E-state index in [-0.39, 0.29) is 0 Å². The van der Waals surface area contributed by atoms with E-state index in [1.165, 1.54) is 0 Å². The molecule has 4 nitrogen and oxygen atoms in total. The molecule has 2 aromatic rings. The Kier molecular flexibility index (Phi) is 5.72. The molecule has 0 N–H and O–H groups in total. The molecule has 0 atom stereocenters. The Morgan fingerprint density at radius 1 is 1.09 bits per heavy atom. The van der Waals surface area contributed by atoms with E-state index in [9.17, 15) is 0 Å². The van der Waals surface area contributed by atoms with Gasteiger partial charge >= 0.3 is 0 Å². The van der Waals surface area contributed by atoms with Gasteiger partial charge in [-0.15, -0.1) is 0 Å². The van der Waals surface area contributed by atoms with E-state index in [0.29, 0.717) is 10.6 Å². The summed E-state index contributed by atoms with van der Waals surface area (Å²) in [6, 6.07) is 13.4. The van der Waals surface area contributed by atoms with Gasteiger partial charge in [0.1, 0.15) is 6.07 Å². The summed E-state index contributed by atoms with van der Waals surface area (Å²) in [5, 5.41) is 9.40. The Bertz CT molecular complexity index is 725. The van der Waals surface area contributed by atoms with Gasteiger partial charge in [-0.1, -0.05) is 17.7 Å². The number of benzene rings is 2. The molecule has 0 amide bonds. The van der Waals surface area contributed by atoms with E-state index >= 15 is 0 Å². The number of methoxy groups -OCH3 is 2. The lowest BCUT2D eigenvalue weighted by molar-refractivity contribution is 0.354. The van der Waals surface area contributed by atoms with E-state index in [0.717, 1.165) is 35.7 Å². The molecule has 0 bridgehead atoms. The molecule has 0 radical (unpaired) electrons. The van der Waals surface area contributed by atoms with Crippen LogP contribution in [0.15, 0.2) is 36.4 Å². The van der Waals surface area contributed by atoms with E-state index in [4.69, 9.17) is 26.3 Å². The molecule has 0 spiro atoms. The van der Waals surface area contributed by atoms with Crippen molar-refractivity contribution in [3.8, 4) is 17.6 Å². The molecule has 0 aliphatic rings. The minimum Gasteiger partial charge on any atom is -0.493 e. The standard InChI is InChI=1S/C18H19ClN2O2/c1-21(15-6-5-14(12-20)16(19)11-15)9-8-13-4-7-17(22-2)18(10-13)23-3/h4-7,10-11H,8-9H2,1-3H3. The molecular formula is C18H19ClN2O2. The predicted molar refractivity (Wildman–Crippen MR) is 92.7 cm³/mol. The van der Waals surface area contributed by atoms with Gasteiger partial charge in [-0.2, -0.15) is 5.26 Å². The van der Waals surface area contributed by atoms with Gasteiger partial charge in [-0.25, -0.2) is 0 Å². The molecule has 0 heterocycles. The van der Waals surface area contributed by atoms with E-state index in [1.807, 2.05) is 37.4 Å². The largest absolute Gasteiger partial charge is 0.493 e.